The van der Waals surface area contributed by atoms with Crippen LogP contribution in [0.2, 0.25) is 0 Å². The van der Waals surface area contributed by atoms with Crippen LogP contribution in [-0.4, -0.2) is 25.0 Å². The normalized spacial score (nSPS) is 13.1. The van der Waals surface area contributed by atoms with E-state index in [1.807, 2.05) is 55.5 Å². The molecule has 0 fully saturated rings. The van der Waals surface area contributed by atoms with E-state index in [0.29, 0.717) is 11.5 Å². The number of carbonyl (C=O) groups is 1. The molecule has 2 aromatic carbocycles. The molecular formula is C20H20N2O4. The van der Waals surface area contributed by atoms with Crippen molar-refractivity contribution in [3.8, 4) is 17.2 Å². The monoisotopic (exact) mass is 352 g/mol. The molecule has 6 heteroatoms. The zero-order valence-electron chi connectivity index (χ0n) is 14.7. The molecule has 0 unspecified atom stereocenters. The maximum absolute atomic E-state index is 11.8. The molecule has 0 aromatic heterocycles. The Kier molecular flexibility index (Phi) is 5.53. The van der Waals surface area contributed by atoms with Crippen LogP contribution in [0.5, 0.6) is 17.2 Å². The fourth-order valence-corrected chi connectivity index (χ4v) is 2.24. The molecule has 1 amide bonds. The summed E-state index contributed by atoms with van der Waals surface area (Å²) in [7, 11) is 0. The lowest BCUT2D eigenvalue weighted by molar-refractivity contribution is -0.123. The zero-order valence-corrected chi connectivity index (χ0v) is 14.7. The lowest BCUT2D eigenvalue weighted by Crippen LogP contribution is -2.25. The molecule has 26 heavy (non-hydrogen) atoms. The van der Waals surface area contributed by atoms with E-state index in [1.165, 1.54) is 0 Å². The molecule has 134 valence electrons. The standard InChI is InChI=1S/C20H20N2O4/c1-14-3-8-17(9-4-14)24-12-20(23)22-21-15(2)5-6-16-7-10-18-19(11-16)26-13-25-18/h3-11H,12-13H2,1-2H3,(H,22,23)/b6-5+,21-15?. The van der Waals surface area contributed by atoms with Crippen molar-refractivity contribution in [3.05, 3.63) is 59.7 Å². The van der Waals surface area contributed by atoms with Crippen molar-refractivity contribution in [2.45, 2.75) is 13.8 Å². The second-order valence-corrected chi connectivity index (χ2v) is 5.84. The van der Waals surface area contributed by atoms with Crippen LogP contribution in [0.25, 0.3) is 6.08 Å². The third-order valence-corrected chi connectivity index (χ3v) is 3.66. The molecule has 0 bridgehead atoms. The fraction of sp³-hybridized carbons (Fsp3) is 0.200. The van der Waals surface area contributed by atoms with Gasteiger partial charge in [-0.25, -0.2) is 5.43 Å². The molecule has 0 aliphatic carbocycles. The van der Waals surface area contributed by atoms with Crippen molar-refractivity contribution in [1.29, 1.82) is 0 Å². The Morgan fingerprint density at radius 3 is 2.77 bits per heavy atom. The van der Waals surface area contributed by atoms with E-state index in [1.54, 1.807) is 13.0 Å². The number of nitrogens with zero attached hydrogens (tertiary/aromatic N) is 1. The number of amides is 1. The van der Waals surface area contributed by atoms with Crippen LogP contribution in [0.1, 0.15) is 18.1 Å². The van der Waals surface area contributed by atoms with Gasteiger partial charge in [-0.15, -0.1) is 0 Å². The molecule has 0 radical (unpaired) electrons. The van der Waals surface area contributed by atoms with Gasteiger partial charge < -0.3 is 14.2 Å². The molecule has 0 atom stereocenters. The summed E-state index contributed by atoms with van der Waals surface area (Å²) >= 11 is 0. The SMILES string of the molecule is CC(/C=C/c1ccc2c(c1)OCO2)=NNC(=O)COc1ccc(C)cc1. The van der Waals surface area contributed by atoms with Gasteiger partial charge in [0.2, 0.25) is 6.79 Å². The number of hydrogen-bond acceptors (Lipinski definition) is 5. The van der Waals surface area contributed by atoms with E-state index in [9.17, 15) is 4.79 Å². The number of aryl methyl sites for hydroxylation is 1. The predicted molar refractivity (Wildman–Crippen MR) is 99.5 cm³/mol. The fourth-order valence-electron chi connectivity index (χ4n) is 2.24. The average molecular weight is 352 g/mol. The van der Waals surface area contributed by atoms with Crippen molar-refractivity contribution in [2.24, 2.45) is 5.10 Å². The zero-order chi connectivity index (χ0) is 18.4. The van der Waals surface area contributed by atoms with Gasteiger partial charge in [0.05, 0.1) is 5.71 Å². The summed E-state index contributed by atoms with van der Waals surface area (Å²) in [6, 6.07) is 13.2. The number of carbonyl (C=O) groups excluding carboxylic acids is 1. The highest BCUT2D eigenvalue weighted by atomic mass is 16.7. The summed E-state index contributed by atoms with van der Waals surface area (Å²) in [6.07, 6.45) is 3.69. The lowest BCUT2D eigenvalue weighted by Gasteiger charge is -2.05. The Morgan fingerprint density at radius 2 is 1.96 bits per heavy atom. The van der Waals surface area contributed by atoms with Crippen LogP contribution in [0.4, 0.5) is 0 Å². The lowest BCUT2D eigenvalue weighted by atomic mass is 10.2. The van der Waals surface area contributed by atoms with Gasteiger partial charge in [0.1, 0.15) is 5.75 Å². The maximum Gasteiger partial charge on any atom is 0.277 e. The number of benzene rings is 2. The molecule has 2 aromatic rings. The highest BCUT2D eigenvalue weighted by molar-refractivity contribution is 5.97. The molecule has 0 saturated carbocycles. The van der Waals surface area contributed by atoms with Gasteiger partial charge in [0.15, 0.2) is 18.1 Å². The Balaban J connectivity index is 1.48. The minimum atomic E-state index is -0.318. The molecule has 0 saturated heterocycles. The van der Waals surface area contributed by atoms with E-state index in [0.717, 1.165) is 22.6 Å². The first-order valence-electron chi connectivity index (χ1n) is 8.20. The van der Waals surface area contributed by atoms with E-state index in [4.69, 9.17) is 14.2 Å². The quantitative estimate of drug-likeness (QED) is 0.640. The van der Waals surface area contributed by atoms with E-state index in [-0.39, 0.29) is 19.3 Å². The largest absolute Gasteiger partial charge is 0.484 e. The molecular weight excluding hydrogens is 332 g/mol. The molecule has 1 aliphatic heterocycles. The second-order valence-electron chi connectivity index (χ2n) is 5.84. The van der Waals surface area contributed by atoms with Crippen molar-refractivity contribution in [2.75, 3.05) is 13.4 Å². The Morgan fingerprint density at radius 1 is 1.19 bits per heavy atom. The number of fused-ring (bicyclic) bond motifs is 1. The first-order chi connectivity index (χ1) is 12.6. The van der Waals surface area contributed by atoms with Gasteiger partial charge in [-0.2, -0.15) is 5.10 Å². The van der Waals surface area contributed by atoms with Crippen molar-refractivity contribution in [1.82, 2.24) is 5.43 Å². The van der Waals surface area contributed by atoms with Crippen LogP contribution in [-0.2, 0) is 4.79 Å². The first-order valence-corrected chi connectivity index (χ1v) is 8.20. The van der Waals surface area contributed by atoms with Gasteiger partial charge in [-0.05, 0) is 49.8 Å². The average Bonchev–Trinajstić information content (AvgIpc) is 3.12. The molecule has 3 rings (SSSR count). The summed E-state index contributed by atoms with van der Waals surface area (Å²) in [5.74, 6) is 1.80. The highest BCUT2D eigenvalue weighted by Crippen LogP contribution is 2.32. The first kappa shape index (κ1) is 17.5. The molecule has 1 aliphatic rings. The van der Waals surface area contributed by atoms with Crippen molar-refractivity contribution in [3.63, 3.8) is 0 Å². The van der Waals surface area contributed by atoms with Crippen molar-refractivity contribution < 1.29 is 19.0 Å². The number of hydrogen-bond donors (Lipinski definition) is 1. The van der Waals surface area contributed by atoms with Crippen LogP contribution >= 0.6 is 0 Å². The third kappa shape index (κ3) is 4.86. The van der Waals surface area contributed by atoms with Crippen LogP contribution in [0, 0.1) is 6.92 Å². The van der Waals surface area contributed by atoms with E-state index < -0.39 is 0 Å². The topological polar surface area (TPSA) is 69.2 Å². The summed E-state index contributed by atoms with van der Waals surface area (Å²) in [4.78, 5) is 11.8. The Hall–Kier alpha value is -3.28. The second kappa shape index (κ2) is 8.20. The predicted octanol–water partition coefficient (Wildman–Crippen LogP) is 3.31. The van der Waals surface area contributed by atoms with Gasteiger partial charge in [-0.1, -0.05) is 29.8 Å². The number of nitrogens with one attached hydrogen (secondary N) is 1. The minimum absolute atomic E-state index is 0.0916. The van der Waals surface area contributed by atoms with E-state index in [2.05, 4.69) is 10.5 Å². The number of rotatable bonds is 6. The number of ether oxygens (including phenoxy) is 3. The van der Waals surface area contributed by atoms with Crippen LogP contribution in [0.3, 0.4) is 0 Å². The number of allylic oxidation sites excluding steroid dienone is 1. The van der Waals surface area contributed by atoms with Gasteiger partial charge in [-0.3, -0.25) is 4.79 Å². The Labute approximate surface area is 152 Å². The van der Waals surface area contributed by atoms with E-state index >= 15 is 0 Å². The minimum Gasteiger partial charge on any atom is -0.484 e. The number of hydrazone groups is 1. The molecule has 1 heterocycles. The molecule has 6 nitrogen and oxygen atoms in total. The summed E-state index contributed by atoms with van der Waals surface area (Å²) in [6.45, 7) is 3.95. The highest BCUT2D eigenvalue weighted by Gasteiger charge is 2.12. The van der Waals surface area contributed by atoms with Gasteiger partial charge >= 0.3 is 0 Å². The summed E-state index contributed by atoms with van der Waals surface area (Å²) in [5.41, 5.74) is 5.22. The summed E-state index contributed by atoms with van der Waals surface area (Å²) in [5, 5.41) is 4.03. The van der Waals surface area contributed by atoms with Crippen molar-refractivity contribution >= 4 is 17.7 Å². The smallest absolute Gasteiger partial charge is 0.277 e. The molecule has 0 spiro atoms. The van der Waals surface area contributed by atoms with Gasteiger partial charge in [0, 0.05) is 0 Å². The van der Waals surface area contributed by atoms with Gasteiger partial charge in [0.25, 0.3) is 5.91 Å². The third-order valence-electron chi connectivity index (χ3n) is 3.66. The Bertz CT molecular complexity index is 841. The van der Waals surface area contributed by atoms with Crippen LogP contribution in [0.15, 0.2) is 53.6 Å². The molecule has 1 N–H and O–H groups in total. The maximum atomic E-state index is 11.8. The van der Waals surface area contributed by atoms with Crippen LogP contribution < -0.4 is 19.6 Å². The summed E-state index contributed by atoms with van der Waals surface area (Å²) < 4.78 is 16.0.